The highest BCUT2D eigenvalue weighted by Crippen LogP contribution is 2.21. The third-order valence-corrected chi connectivity index (χ3v) is 3.57. The van der Waals surface area contributed by atoms with E-state index < -0.39 is 5.60 Å². The molecule has 1 fully saturated rings. The Bertz CT molecular complexity index is 513. The number of nitrogens with zero attached hydrogens (tertiary/aromatic N) is 2. The number of ether oxygens (including phenoxy) is 1. The summed E-state index contributed by atoms with van der Waals surface area (Å²) in [5.74, 6) is 1.08. The van der Waals surface area contributed by atoms with Gasteiger partial charge >= 0.3 is 6.09 Å². The molecule has 0 aromatic carbocycles. The van der Waals surface area contributed by atoms with Crippen LogP contribution >= 0.6 is 0 Å². The van der Waals surface area contributed by atoms with Crippen LogP contribution < -0.4 is 11.1 Å². The Morgan fingerprint density at radius 1 is 1.55 bits per heavy atom. The molecule has 122 valence electrons. The number of anilines is 2. The van der Waals surface area contributed by atoms with E-state index in [-0.39, 0.29) is 6.09 Å². The van der Waals surface area contributed by atoms with Crippen molar-refractivity contribution < 1.29 is 9.53 Å². The summed E-state index contributed by atoms with van der Waals surface area (Å²) >= 11 is 0. The zero-order valence-electron chi connectivity index (χ0n) is 13.6. The summed E-state index contributed by atoms with van der Waals surface area (Å²) in [6.07, 6.45) is 3.56. The molecule has 1 atom stereocenters. The zero-order valence-corrected chi connectivity index (χ0v) is 13.6. The Morgan fingerprint density at radius 2 is 2.32 bits per heavy atom. The van der Waals surface area contributed by atoms with Crippen molar-refractivity contribution in [2.75, 3.05) is 30.7 Å². The third-order valence-electron chi connectivity index (χ3n) is 3.57. The monoisotopic (exact) mass is 306 g/mol. The third kappa shape index (κ3) is 4.79. The molecular weight excluding hydrogens is 280 g/mol. The number of aromatic nitrogens is 1. The lowest BCUT2D eigenvalue weighted by atomic mass is 9.98. The maximum absolute atomic E-state index is 12.1. The summed E-state index contributed by atoms with van der Waals surface area (Å²) in [5.41, 5.74) is 6.06. The van der Waals surface area contributed by atoms with Crippen LogP contribution in [0, 0.1) is 5.92 Å². The van der Waals surface area contributed by atoms with E-state index in [4.69, 9.17) is 10.5 Å². The van der Waals surface area contributed by atoms with Crippen molar-refractivity contribution >= 4 is 17.6 Å². The molecule has 1 amide bonds. The standard InChI is InChI=1S/C16H26N4O2/c1-16(2,3)22-15(21)20-9-5-6-12(11-20)10-19-14-13(17)7-4-8-18-14/h4,7-8,12H,5-6,9-11,17H2,1-3H3,(H,18,19). The van der Waals surface area contributed by atoms with Crippen LogP contribution in [-0.2, 0) is 4.74 Å². The molecule has 6 heteroatoms. The molecule has 22 heavy (non-hydrogen) atoms. The lowest BCUT2D eigenvalue weighted by Crippen LogP contribution is -2.44. The number of piperidine rings is 1. The van der Waals surface area contributed by atoms with Gasteiger partial charge in [-0.1, -0.05) is 0 Å². The molecule has 2 rings (SSSR count). The number of likely N-dealkylation sites (tertiary alicyclic amines) is 1. The summed E-state index contributed by atoms with van der Waals surface area (Å²) in [4.78, 5) is 18.2. The Labute approximate surface area is 132 Å². The zero-order chi connectivity index (χ0) is 16.2. The summed E-state index contributed by atoms with van der Waals surface area (Å²) in [7, 11) is 0. The van der Waals surface area contributed by atoms with Crippen LogP contribution in [0.3, 0.4) is 0 Å². The van der Waals surface area contributed by atoms with Gasteiger partial charge in [-0.25, -0.2) is 9.78 Å². The fraction of sp³-hybridized carbons (Fsp3) is 0.625. The van der Waals surface area contributed by atoms with E-state index >= 15 is 0 Å². The maximum Gasteiger partial charge on any atom is 0.410 e. The average Bonchev–Trinajstić information content (AvgIpc) is 2.45. The van der Waals surface area contributed by atoms with Crippen LogP contribution in [0.5, 0.6) is 0 Å². The number of nitrogen functional groups attached to an aromatic ring is 1. The molecule has 6 nitrogen and oxygen atoms in total. The van der Waals surface area contributed by atoms with Crippen molar-refractivity contribution in [1.29, 1.82) is 0 Å². The van der Waals surface area contributed by atoms with Crippen LogP contribution in [0.15, 0.2) is 18.3 Å². The molecule has 1 saturated heterocycles. The van der Waals surface area contributed by atoms with Crippen LogP contribution in [0.1, 0.15) is 33.6 Å². The average molecular weight is 306 g/mol. The predicted molar refractivity (Wildman–Crippen MR) is 87.7 cm³/mol. The second kappa shape index (κ2) is 6.85. The van der Waals surface area contributed by atoms with Gasteiger partial charge in [-0.05, 0) is 51.7 Å². The molecule has 0 bridgehead atoms. The minimum absolute atomic E-state index is 0.227. The van der Waals surface area contributed by atoms with Crippen molar-refractivity contribution in [3.05, 3.63) is 18.3 Å². The Hall–Kier alpha value is -1.98. The molecule has 0 saturated carbocycles. The predicted octanol–water partition coefficient (Wildman–Crippen LogP) is 2.72. The first-order valence-corrected chi connectivity index (χ1v) is 7.77. The van der Waals surface area contributed by atoms with E-state index in [1.807, 2.05) is 32.9 Å². The Kier molecular flexibility index (Phi) is 5.11. The number of rotatable bonds is 3. The molecule has 3 N–H and O–H groups in total. The van der Waals surface area contributed by atoms with E-state index in [2.05, 4.69) is 10.3 Å². The molecule has 0 spiro atoms. The number of pyridine rings is 1. The molecule has 1 unspecified atom stereocenters. The van der Waals surface area contributed by atoms with Crippen LogP contribution in [0.4, 0.5) is 16.3 Å². The van der Waals surface area contributed by atoms with Crippen LogP contribution in [0.25, 0.3) is 0 Å². The quantitative estimate of drug-likeness (QED) is 0.897. The molecule has 1 aliphatic rings. The highest BCUT2D eigenvalue weighted by atomic mass is 16.6. The smallest absolute Gasteiger partial charge is 0.410 e. The van der Waals surface area contributed by atoms with Crippen LogP contribution in [0.2, 0.25) is 0 Å². The van der Waals surface area contributed by atoms with E-state index in [9.17, 15) is 4.79 Å². The topological polar surface area (TPSA) is 80.5 Å². The normalized spacial score (nSPS) is 18.9. The van der Waals surface area contributed by atoms with Gasteiger partial charge in [0.05, 0.1) is 5.69 Å². The molecule has 0 aliphatic carbocycles. The summed E-state index contributed by atoms with van der Waals surface area (Å²) in [6, 6.07) is 3.63. The van der Waals surface area contributed by atoms with E-state index in [1.165, 1.54) is 0 Å². The van der Waals surface area contributed by atoms with Gasteiger partial charge in [-0.2, -0.15) is 0 Å². The fourth-order valence-electron chi connectivity index (χ4n) is 2.53. The summed E-state index contributed by atoms with van der Waals surface area (Å²) < 4.78 is 5.44. The number of carbonyl (C=O) groups excluding carboxylic acids is 1. The number of amides is 1. The van der Waals surface area contributed by atoms with Gasteiger partial charge in [-0.3, -0.25) is 0 Å². The highest BCUT2D eigenvalue weighted by Gasteiger charge is 2.27. The van der Waals surface area contributed by atoms with Gasteiger partial charge in [0.2, 0.25) is 0 Å². The van der Waals surface area contributed by atoms with Crippen molar-refractivity contribution in [2.24, 2.45) is 5.92 Å². The lowest BCUT2D eigenvalue weighted by molar-refractivity contribution is 0.0172. The first-order valence-electron chi connectivity index (χ1n) is 7.77. The highest BCUT2D eigenvalue weighted by molar-refractivity contribution is 5.68. The SMILES string of the molecule is CC(C)(C)OC(=O)N1CCCC(CNc2ncccc2N)C1. The van der Waals surface area contributed by atoms with Gasteiger partial charge in [-0.15, -0.1) is 0 Å². The van der Waals surface area contributed by atoms with Crippen molar-refractivity contribution in [3.8, 4) is 0 Å². The number of carbonyl (C=O) groups is 1. The lowest BCUT2D eigenvalue weighted by Gasteiger charge is -2.34. The van der Waals surface area contributed by atoms with Gasteiger partial charge in [0.15, 0.2) is 0 Å². The van der Waals surface area contributed by atoms with Gasteiger partial charge in [0.1, 0.15) is 11.4 Å². The molecule has 1 aromatic heterocycles. The van der Waals surface area contributed by atoms with Crippen molar-refractivity contribution in [3.63, 3.8) is 0 Å². The summed E-state index contributed by atoms with van der Waals surface area (Å²) in [5, 5.41) is 3.28. The van der Waals surface area contributed by atoms with Gasteiger partial charge < -0.3 is 20.7 Å². The molecular formula is C16H26N4O2. The second-order valence-electron chi connectivity index (χ2n) is 6.76. The van der Waals surface area contributed by atoms with E-state index in [0.29, 0.717) is 24.0 Å². The largest absolute Gasteiger partial charge is 0.444 e. The van der Waals surface area contributed by atoms with Crippen molar-refractivity contribution in [2.45, 2.75) is 39.2 Å². The van der Waals surface area contributed by atoms with Gasteiger partial charge in [0, 0.05) is 25.8 Å². The minimum Gasteiger partial charge on any atom is -0.444 e. The fourth-order valence-corrected chi connectivity index (χ4v) is 2.53. The maximum atomic E-state index is 12.1. The van der Waals surface area contributed by atoms with Crippen LogP contribution in [-0.4, -0.2) is 41.2 Å². The van der Waals surface area contributed by atoms with E-state index in [1.54, 1.807) is 11.1 Å². The number of hydrogen-bond donors (Lipinski definition) is 2. The Balaban J connectivity index is 1.86. The molecule has 1 aromatic rings. The first-order chi connectivity index (χ1) is 10.3. The Morgan fingerprint density at radius 3 is 3.00 bits per heavy atom. The van der Waals surface area contributed by atoms with E-state index in [0.717, 1.165) is 25.9 Å². The molecule has 2 heterocycles. The number of nitrogens with two attached hydrogens (primary N) is 1. The molecule has 1 aliphatic heterocycles. The van der Waals surface area contributed by atoms with Gasteiger partial charge in [0.25, 0.3) is 0 Å². The molecule has 0 radical (unpaired) electrons. The van der Waals surface area contributed by atoms with Crippen molar-refractivity contribution in [1.82, 2.24) is 9.88 Å². The number of hydrogen-bond acceptors (Lipinski definition) is 5. The second-order valence-corrected chi connectivity index (χ2v) is 6.76. The minimum atomic E-state index is -0.454. The number of nitrogens with one attached hydrogen (secondary N) is 1. The first kappa shape index (κ1) is 16.4. The summed E-state index contributed by atoms with van der Waals surface area (Å²) in [6.45, 7) is 7.87.